The SMILES string of the molecule is Cc1nc(C)c(C(N)=O)c(-c2ccccc2)n1. The predicted octanol–water partition coefficient (Wildman–Crippen LogP) is 1.86. The van der Waals surface area contributed by atoms with Gasteiger partial charge in [-0.1, -0.05) is 30.3 Å². The Morgan fingerprint density at radius 2 is 1.76 bits per heavy atom. The zero-order valence-corrected chi connectivity index (χ0v) is 9.77. The minimum atomic E-state index is -0.499. The van der Waals surface area contributed by atoms with Crippen LogP contribution in [0.4, 0.5) is 0 Å². The zero-order chi connectivity index (χ0) is 12.4. The highest BCUT2D eigenvalue weighted by Gasteiger charge is 2.16. The fourth-order valence-electron chi connectivity index (χ4n) is 1.81. The monoisotopic (exact) mass is 227 g/mol. The molecule has 1 amide bonds. The highest BCUT2D eigenvalue weighted by molar-refractivity contribution is 5.99. The Kier molecular flexibility index (Phi) is 2.87. The maximum atomic E-state index is 11.5. The summed E-state index contributed by atoms with van der Waals surface area (Å²) in [6.07, 6.45) is 0. The van der Waals surface area contributed by atoms with Gasteiger partial charge in [-0.15, -0.1) is 0 Å². The van der Waals surface area contributed by atoms with Crippen LogP contribution in [0, 0.1) is 13.8 Å². The van der Waals surface area contributed by atoms with Crippen molar-refractivity contribution in [3.63, 3.8) is 0 Å². The molecule has 0 aliphatic carbocycles. The number of primary amides is 1. The van der Waals surface area contributed by atoms with E-state index in [0.29, 0.717) is 22.8 Å². The first-order chi connectivity index (χ1) is 8.09. The summed E-state index contributed by atoms with van der Waals surface area (Å²) in [6.45, 7) is 3.56. The number of aryl methyl sites for hydroxylation is 2. The van der Waals surface area contributed by atoms with Crippen molar-refractivity contribution in [2.75, 3.05) is 0 Å². The molecule has 4 heteroatoms. The van der Waals surface area contributed by atoms with Crippen LogP contribution in [0.2, 0.25) is 0 Å². The van der Waals surface area contributed by atoms with Gasteiger partial charge >= 0.3 is 0 Å². The van der Waals surface area contributed by atoms with Crippen molar-refractivity contribution in [2.24, 2.45) is 5.73 Å². The van der Waals surface area contributed by atoms with Gasteiger partial charge in [0.25, 0.3) is 5.91 Å². The molecule has 2 aromatic rings. The molecule has 1 heterocycles. The van der Waals surface area contributed by atoms with Crippen LogP contribution >= 0.6 is 0 Å². The van der Waals surface area contributed by atoms with E-state index < -0.39 is 5.91 Å². The summed E-state index contributed by atoms with van der Waals surface area (Å²) < 4.78 is 0. The number of carbonyl (C=O) groups is 1. The molecular weight excluding hydrogens is 214 g/mol. The van der Waals surface area contributed by atoms with Crippen LogP contribution in [0.25, 0.3) is 11.3 Å². The third-order valence-electron chi connectivity index (χ3n) is 2.50. The van der Waals surface area contributed by atoms with Crippen LogP contribution < -0.4 is 5.73 Å². The van der Waals surface area contributed by atoms with Gasteiger partial charge in [0.2, 0.25) is 0 Å². The molecule has 0 atom stereocenters. The van der Waals surface area contributed by atoms with Crippen LogP contribution in [0.1, 0.15) is 21.9 Å². The maximum absolute atomic E-state index is 11.5. The number of hydrogen-bond donors (Lipinski definition) is 1. The molecule has 0 bridgehead atoms. The Bertz CT molecular complexity index is 564. The smallest absolute Gasteiger partial charge is 0.252 e. The molecular formula is C13H13N3O. The van der Waals surface area contributed by atoms with Crippen molar-refractivity contribution in [2.45, 2.75) is 13.8 Å². The first-order valence-corrected chi connectivity index (χ1v) is 5.30. The Balaban J connectivity index is 2.72. The number of aromatic nitrogens is 2. The lowest BCUT2D eigenvalue weighted by Gasteiger charge is -2.09. The van der Waals surface area contributed by atoms with E-state index in [2.05, 4.69) is 9.97 Å². The summed E-state index contributed by atoms with van der Waals surface area (Å²) in [7, 11) is 0. The van der Waals surface area contributed by atoms with Crippen molar-refractivity contribution in [3.8, 4) is 11.3 Å². The average molecular weight is 227 g/mol. The topological polar surface area (TPSA) is 68.9 Å². The summed E-state index contributed by atoms with van der Waals surface area (Å²) in [5.74, 6) is 0.132. The van der Waals surface area contributed by atoms with Crippen LogP contribution in [-0.2, 0) is 0 Å². The first-order valence-electron chi connectivity index (χ1n) is 5.30. The number of nitrogens with two attached hydrogens (primary N) is 1. The number of amides is 1. The summed E-state index contributed by atoms with van der Waals surface area (Å²) in [5, 5.41) is 0. The molecule has 86 valence electrons. The fourth-order valence-corrected chi connectivity index (χ4v) is 1.81. The molecule has 0 aliphatic rings. The summed E-state index contributed by atoms with van der Waals surface area (Å²) in [5.41, 5.74) is 7.86. The highest BCUT2D eigenvalue weighted by Crippen LogP contribution is 2.22. The van der Waals surface area contributed by atoms with Crippen LogP contribution in [0.5, 0.6) is 0 Å². The van der Waals surface area contributed by atoms with Gasteiger partial charge in [0.15, 0.2) is 0 Å². The van der Waals surface area contributed by atoms with E-state index in [-0.39, 0.29) is 0 Å². The summed E-state index contributed by atoms with van der Waals surface area (Å²) in [4.78, 5) is 20.0. The second-order valence-electron chi connectivity index (χ2n) is 3.81. The fraction of sp³-hybridized carbons (Fsp3) is 0.154. The molecule has 0 radical (unpaired) electrons. The number of nitrogens with zero attached hydrogens (tertiary/aromatic N) is 2. The molecule has 1 aromatic heterocycles. The summed E-state index contributed by atoms with van der Waals surface area (Å²) >= 11 is 0. The Labute approximate surface area is 99.5 Å². The molecule has 0 fully saturated rings. The third kappa shape index (κ3) is 2.15. The van der Waals surface area contributed by atoms with Gasteiger partial charge in [-0.25, -0.2) is 9.97 Å². The average Bonchev–Trinajstić information content (AvgIpc) is 2.28. The van der Waals surface area contributed by atoms with Gasteiger partial charge < -0.3 is 5.73 Å². The van der Waals surface area contributed by atoms with Crippen molar-refractivity contribution in [3.05, 3.63) is 47.4 Å². The van der Waals surface area contributed by atoms with Gasteiger partial charge in [-0.2, -0.15) is 0 Å². The normalized spacial score (nSPS) is 10.2. The lowest BCUT2D eigenvalue weighted by Crippen LogP contribution is -2.17. The molecule has 2 rings (SSSR count). The number of benzene rings is 1. The second-order valence-corrected chi connectivity index (χ2v) is 3.81. The Hall–Kier alpha value is -2.23. The number of rotatable bonds is 2. The van der Waals surface area contributed by atoms with Crippen LogP contribution in [-0.4, -0.2) is 15.9 Å². The minimum Gasteiger partial charge on any atom is -0.365 e. The Morgan fingerprint density at radius 3 is 2.35 bits per heavy atom. The standard InChI is InChI=1S/C13H13N3O/c1-8-11(13(14)17)12(16-9(2)15-8)10-6-4-3-5-7-10/h3-7H,1-2H3,(H2,14,17). The predicted molar refractivity (Wildman–Crippen MR) is 65.5 cm³/mol. The largest absolute Gasteiger partial charge is 0.365 e. The van der Waals surface area contributed by atoms with Gasteiger partial charge in [-0.05, 0) is 13.8 Å². The lowest BCUT2D eigenvalue weighted by atomic mass is 10.0. The van der Waals surface area contributed by atoms with E-state index in [0.717, 1.165) is 5.56 Å². The number of hydrogen-bond acceptors (Lipinski definition) is 3. The van der Waals surface area contributed by atoms with Gasteiger partial charge in [-0.3, -0.25) is 4.79 Å². The van der Waals surface area contributed by atoms with Gasteiger partial charge in [0.1, 0.15) is 5.82 Å². The minimum absolute atomic E-state index is 0.391. The van der Waals surface area contributed by atoms with E-state index in [1.54, 1.807) is 13.8 Å². The molecule has 0 saturated carbocycles. The highest BCUT2D eigenvalue weighted by atomic mass is 16.1. The van der Waals surface area contributed by atoms with E-state index in [4.69, 9.17) is 5.73 Å². The van der Waals surface area contributed by atoms with Crippen LogP contribution in [0.15, 0.2) is 30.3 Å². The van der Waals surface area contributed by atoms with Crippen molar-refractivity contribution in [1.82, 2.24) is 9.97 Å². The quantitative estimate of drug-likeness (QED) is 0.851. The van der Waals surface area contributed by atoms with Crippen molar-refractivity contribution >= 4 is 5.91 Å². The third-order valence-corrected chi connectivity index (χ3v) is 2.50. The molecule has 0 unspecified atom stereocenters. The molecule has 1 aromatic carbocycles. The van der Waals surface area contributed by atoms with E-state index in [1.807, 2.05) is 30.3 Å². The molecule has 17 heavy (non-hydrogen) atoms. The molecule has 2 N–H and O–H groups in total. The lowest BCUT2D eigenvalue weighted by molar-refractivity contribution is 0.0999. The molecule has 4 nitrogen and oxygen atoms in total. The number of carbonyl (C=O) groups excluding carboxylic acids is 1. The van der Waals surface area contributed by atoms with Gasteiger partial charge in [0, 0.05) is 5.56 Å². The summed E-state index contributed by atoms with van der Waals surface area (Å²) in [6, 6.07) is 9.50. The van der Waals surface area contributed by atoms with Crippen LogP contribution in [0.3, 0.4) is 0 Å². The van der Waals surface area contributed by atoms with Crippen molar-refractivity contribution in [1.29, 1.82) is 0 Å². The van der Waals surface area contributed by atoms with Crippen molar-refractivity contribution < 1.29 is 4.79 Å². The molecule has 0 saturated heterocycles. The Morgan fingerprint density at radius 1 is 1.12 bits per heavy atom. The molecule has 0 spiro atoms. The first kappa shape index (κ1) is 11.3. The van der Waals surface area contributed by atoms with Gasteiger partial charge in [0.05, 0.1) is 17.0 Å². The molecule has 0 aliphatic heterocycles. The second kappa shape index (κ2) is 4.33. The maximum Gasteiger partial charge on any atom is 0.252 e. The van der Waals surface area contributed by atoms with E-state index in [9.17, 15) is 4.79 Å². The van der Waals surface area contributed by atoms with E-state index in [1.165, 1.54) is 0 Å². The van der Waals surface area contributed by atoms with E-state index >= 15 is 0 Å². The zero-order valence-electron chi connectivity index (χ0n) is 9.77.